The van der Waals surface area contributed by atoms with Gasteiger partial charge < -0.3 is 19.8 Å². The molecule has 0 spiro atoms. The molecule has 2 N–H and O–H groups in total. The lowest BCUT2D eigenvalue weighted by molar-refractivity contribution is -0.122. The number of ether oxygens (including phenoxy) is 1. The molecule has 0 fully saturated rings. The minimum atomic E-state index is -0.936. The molecule has 1 atom stereocenters. The normalized spacial score (nSPS) is 11.7. The minimum Gasteiger partial charge on any atom is -0.493 e. The number of likely N-dealkylation sites (N-methyl/N-ethyl adjacent to an activating group) is 1. The number of carbonyl (C=O) groups excluding carboxylic acids is 2. The molecule has 1 unspecified atom stereocenters. The van der Waals surface area contributed by atoms with Gasteiger partial charge in [-0.15, -0.1) is 0 Å². The van der Waals surface area contributed by atoms with Gasteiger partial charge in [0.2, 0.25) is 5.91 Å². The van der Waals surface area contributed by atoms with Crippen LogP contribution in [0.15, 0.2) is 63.8 Å². The molecule has 1 heterocycles. The van der Waals surface area contributed by atoms with E-state index in [0.29, 0.717) is 28.9 Å². The van der Waals surface area contributed by atoms with Crippen LogP contribution in [0.3, 0.4) is 0 Å². The lowest BCUT2D eigenvalue weighted by Crippen LogP contribution is -2.40. The van der Waals surface area contributed by atoms with Gasteiger partial charge in [-0.05, 0) is 30.2 Å². The second-order valence-electron chi connectivity index (χ2n) is 6.43. The third kappa shape index (κ3) is 4.63. The van der Waals surface area contributed by atoms with Crippen LogP contribution in [0.5, 0.6) is 5.75 Å². The molecule has 0 aliphatic heterocycles. The highest BCUT2D eigenvalue weighted by atomic mass is 16.5. The van der Waals surface area contributed by atoms with Gasteiger partial charge in [-0.25, -0.2) is 4.79 Å². The Morgan fingerprint density at radius 1 is 1.10 bits per heavy atom. The van der Waals surface area contributed by atoms with Gasteiger partial charge >= 0.3 is 5.63 Å². The van der Waals surface area contributed by atoms with Crippen molar-refractivity contribution in [3.05, 3.63) is 76.1 Å². The van der Waals surface area contributed by atoms with Crippen LogP contribution in [0, 0.1) is 0 Å². The number of rotatable bonds is 7. The lowest BCUT2D eigenvalue weighted by Gasteiger charge is -2.17. The highest BCUT2D eigenvalue weighted by Crippen LogP contribution is 2.21. The summed E-state index contributed by atoms with van der Waals surface area (Å²) in [5.41, 5.74) is -0.0370. The molecule has 2 amide bonds. The molecule has 3 aromatic rings. The van der Waals surface area contributed by atoms with E-state index in [0.717, 1.165) is 6.42 Å². The molecule has 29 heavy (non-hydrogen) atoms. The Kier molecular flexibility index (Phi) is 6.29. The van der Waals surface area contributed by atoms with E-state index in [4.69, 9.17) is 9.15 Å². The minimum absolute atomic E-state index is 0.176. The molecule has 0 saturated carbocycles. The zero-order chi connectivity index (χ0) is 20.8. The highest BCUT2D eigenvalue weighted by Gasteiger charge is 2.24. The monoisotopic (exact) mass is 394 g/mol. The molecule has 3 rings (SSSR count). The maximum atomic E-state index is 12.7. The predicted molar refractivity (Wildman–Crippen MR) is 109 cm³/mol. The van der Waals surface area contributed by atoms with Crippen molar-refractivity contribution < 1.29 is 18.7 Å². The Bertz CT molecular complexity index is 1080. The van der Waals surface area contributed by atoms with Crippen LogP contribution in [0.1, 0.15) is 35.3 Å². The molecule has 7 nitrogen and oxygen atoms in total. The van der Waals surface area contributed by atoms with Gasteiger partial charge in [-0.2, -0.15) is 0 Å². The fraction of sp³-hybridized carbons (Fsp3) is 0.227. The third-order valence-corrected chi connectivity index (χ3v) is 4.34. The number of nitrogens with one attached hydrogen (secondary N) is 2. The number of benzene rings is 2. The van der Waals surface area contributed by atoms with E-state index < -0.39 is 23.5 Å². The highest BCUT2D eigenvalue weighted by molar-refractivity contribution is 5.99. The van der Waals surface area contributed by atoms with E-state index in [1.165, 1.54) is 13.1 Å². The van der Waals surface area contributed by atoms with Crippen LogP contribution in [-0.2, 0) is 4.79 Å². The van der Waals surface area contributed by atoms with Crippen LogP contribution in [0.4, 0.5) is 0 Å². The Morgan fingerprint density at radius 2 is 1.86 bits per heavy atom. The topological polar surface area (TPSA) is 97.6 Å². The third-order valence-electron chi connectivity index (χ3n) is 4.34. The Labute approximate surface area is 167 Å². The lowest BCUT2D eigenvalue weighted by atomic mass is 10.1. The SMILES string of the molecule is CCCOc1ccc2cc(C(=O)NC(C(=O)NC)c3ccccc3)c(=O)oc2c1. The number of amides is 2. The number of hydrogen-bond acceptors (Lipinski definition) is 5. The van der Waals surface area contributed by atoms with E-state index in [9.17, 15) is 14.4 Å². The van der Waals surface area contributed by atoms with E-state index in [2.05, 4.69) is 10.6 Å². The zero-order valence-corrected chi connectivity index (χ0v) is 16.2. The van der Waals surface area contributed by atoms with E-state index in [1.54, 1.807) is 42.5 Å². The number of hydrogen-bond donors (Lipinski definition) is 2. The van der Waals surface area contributed by atoms with Crippen molar-refractivity contribution in [2.45, 2.75) is 19.4 Å². The van der Waals surface area contributed by atoms with Crippen LogP contribution in [0.2, 0.25) is 0 Å². The van der Waals surface area contributed by atoms with E-state index in [-0.39, 0.29) is 5.56 Å². The molecule has 0 bridgehead atoms. The van der Waals surface area contributed by atoms with Crippen molar-refractivity contribution in [3.8, 4) is 5.75 Å². The van der Waals surface area contributed by atoms with Crippen molar-refractivity contribution in [2.24, 2.45) is 0 Å². The first-order valence-electron chi connectivity index (χ1n) is 9.31. The average Bonchev–Trinajstić information content (AvgIpc) is 2.75. The van der Waals surface area contributed by atoms with Gasteiger partial charge in [0.1, 0.15) is 22.9 Å². The molecule has 1 aromatic heterocycles. The Balaban J connectivity index is 1.90. The van der Waals surface area contributed by atoms with Crippen molar-refractivity contribution in [3.63, 3.8) is 0 Å². The number of carbonyl (C=O) groups is 2. The largest absolute Gasteiger partial charge is 0.493 e. The van der Waals surface area contributed by atoms with E-state index in [1.807, 2.05) is 13.0 Å². The standard InChI is InChI=1S/C22H22N2O5/c1-3-11-28-16-10-9-15-12-17(22(27)29-18(15)13-16)20(25)24-19(21(26)23-2)14-7-5-4-6-8-14/h4-10,12-13,19H,3,11H2,1-2H3,(H,23,26)(H,24,25). The van der Waals surface area contributed by atoms with Crippen LogP contribution in [0.25, 0.3) is 11.0 Å². The molecule has 0 aliphatic rings. The van der Waals surface area contributed by atoms with Crippen molar-refractivity contribution in [1.82, 2.24) is 10.6 Å². The molecule has 0 aliphatic carbocycles. The van der Waals surface area contributed by atoms with Gasteiger partial charge in [0, 0.05) is 18.5 Å². The summed E-state index contributed by atoms with van der Waals surface area (Å²) in [5.74, 6) is -0.500. The van der Waals surface area contributed by atoms with Gasteiger partial charge in [0.05, 0.1) is 6.61 Å². The Hall–Kier alpha value is -3.61. The van der Waals surface area contributed by atoms with Gasteiger partial charge in [0.25, 0.3) is 5.91 Å². The fourth-order valence-electron chi connectivity index (χ4n) is 2.86. The van der Waals surface area contributed by atoms with Gasteiger partial charge in [0.15, 0.2) is 0 Å². The summed E-state index contributed by atoms with van der Waals surface area (Å²) in [6.45, 7) is 2.55. The smallest absolute Gasteiger partial charge is 0.349 e. The summed E-state index contributed by atoms with van der Waals surface area (Å²) < 4.78 is 10.8. The molecule has 2 aromatic carbocycles. The molecule has 150 valence electrons. The average molecular weight is 394 g/mol. The van der Waals surface area contributed by atoms with Crippen molar-refractivity contribution >= 4 is 22.8 Å². The molecule has 0 radical (unpaired) electrons. The van der Waals surface area contributed by atoms with Crippen LogP contribution < -0.4 is 21.0 Å². The maximum Gasteiger partial charge on any atom is 0.349 e. The first-order valence-corrected chi connectivity index (χ1v) is 9.31. The second kappa shape index (κ2) is 9.05. The van der Waals surface area contributed by atoms with Crippen LogP contribution in [-0.4, -0.2) is 25.5 Å². The quantitative estimate of drug-likeness (QED) is 0.601. The molecule has 7 heteroatoms. The summed E-state index contributed by atoms with van der Waals surface area (Å²) in [6, 6.07) is 14.4. The first-order chi connectivity index (χ1) is 14.0. The van der Waals surface area contributed by atoms with Crippen molar-refractivity contribution in [1.29, 1.82) is 0 Å². The first kappa shape index (κ1) is 20.1. The van der Waals surface area contributed by atoms with Crippen molar-refractivity contribution in [2.75, 3.05) is 13.7 Å². The molecular formula is C22H22N2O5. The maximum absolute atomic E-state index is 12.7. The predicted octanol–water partition coefficient (Wildman–Crippen LogP) is 2.80. The molecular weight excluding hydrogens is 372 g/mol. The second-order valence-corrected chi connectivity index (χ2v) is 6.43. The van der Waals surface area contributed by atoms with Gasteiger partial charge in [-0.3, -0.25) is 9.59 Å². The van der Waals surface area contributed by atoms with Gasteiger partial charge in [-0.1, -0.05) is 37.3 Å². The van der Waals surface area contributed by atoms with E-state index >= 15 is 0 Å². The van der Waals surface area contributed by atoms with Crippen LogP contribution >= 0.6 is 0 Å². The zero-order valence-electron chi connectivity index (χ0n) is 16.2. The summed E-state index contributed by atoms with van der Waals surface area (Å²) in [6.07, 6.45) is 0.856. The summed E-state index contributed by atoms with van der Waals surface area (Å²) in [5, 5.41) is 5.71. The Morgan fingerprint density at radius 3 is 2.55 bits per heavy atom. The summed E-state index contributed by atoms with van der Waals surface area (Å²) in [4.78, 5) is 37.4. The fourth-order valence-corrected chi connectivity index (χ4v) is 2.86. The molecule has 0 saturated heterocycles. The summed E-state index contributed by atoms with van der Waals surface area (Å²) in [7, 11) is 1.48. The summed E-state index contributed by atoms with van der Waals surface area (Å²) >= 11 is 0. The number of fused-ring (bicyclic) bond motifs is 1.